The van der Waals surface area contributed by atoms with E-state index < -0.39 is 10.0 Å². The Morgan fingerprint density at radius 3 is 2.59 bits per heavy atom. The van der Waals surface area contributed by atoms with Gasteiger partial charge in [0, 0.05) is 12.1 Å². The first-order chi connectivity index (χ1) is 10.2. The van der Waals surface area contributed by atoms with E-state index in [2.05, 4.69) is 0 Å². The van der Waals surface area contributed by atoms with Crippen LogP contribution in [0.5, 0.6) is 0 Å². The van der Waals surface area contributed by atoms with Crippen molar-refractivity contribution in [2.45, 2.75) is 37.1 Å². The van der Waals surface area contributed by atoms with E-state index in [1.807, 2.05) is 11.8 Å². The fourth-order valence-corrected chi connectivity index (χ4v) is 3.59. The molecular formula is C15H20N2O4S. The number of morpholine rings is 1. The van der Waals surface area contributed by atoms with Crippen molar-refractivity contribution in [1.29, 1.82) is 0 Å². The molecule has 0 bridgehead atoms. The summed E-state index contributed by atoms with van der Waals surface area (Å²) >= 11 is 0. The van der Waals surface area contributed by atoms with E-state index in [0.717, 1.165) is 24.0 Å². The van der Waals surface area contributed by atoms with Crippen LogP contribution < -0.4 is 5.14 Å². The largest absolute Gasteiger partial charge is 0.377 e. The van der Waals surface area contributed by atoms with Gasteiger partial charge >= 0.3 is 0 Å². The number of aryl methyl sites for hydroxylation is 1. The normalized spacial score (nSPS) is 20.2. The molecule has 22 heavy (non-hydrogen) atoms. The molecule has 1 aliphatic heterocycles. The lowest BCUT2D eigenvalue weighted by Gasteiger charge is -2.36. The number of amides is 1. The molecule has 1 aromatic rings. The molecule has 1 heterocycles. The van der Waals surface area contributed by atoms with E-state index in [1.165, 1.54) is 12.1 Å². The smallest absolute Gasteiger partial charge is 0.254 e. The summed E-state index contributed by atoms with van der Waals surface area (Å²) in [7, 11) is -3.84. The van der Waals surface area contributed by atoms with Gasteiger partial charge in [0.15, 0.2) is 0 Å². The predicted molar refractivity (Wildman–Crippen MR) is 81.1 cm³/mol. The minimum atomic E-state index is -3.84. The van der Waals surface area contributed by atoms with Gasteiger partial charge in [-0.2, -0.15) is 0 Å². The van der Waals surface area contributed by atoms with Crippen LogP contribution in [0.1, 0.15) is 34.3 Å². The minimum Gasteiger partial charge on any atom is -0.377 e. The van der Waals surface area contributed by atoms with Crippen molar-refractivity contribution in [2.75, 3.05) is 19.8 Å². The Morgan fingerprint density at radius 2 is 2.00 bits per heavy atom. The fourth-order valence-electron chi connectivity index (χ4n) is 2.97. The summed E-state index contributed by atoms with van der Waals surface area (Å²) in [6, 6.07) is 2.90. The van der Waals surface area contributed by atoms with Crippen molar-refractivity contribution >= 4 is 15.9 Å². The number of hydrogen-bond donors (Lipinski definition) is 1. The molecule has 1 saturated carbocycles. The average Bonchev–Trinajstić information content (AvgIpc) is 3.20. The average molecular weight is 324 g/mol. The zero-order valence-electron chi connectivity index (χ0n) is 12.8. The first-order valence-corrected chi connectivity index (χ1v) is 8.83. The molecule has 0 radical (unpaired) electrons. The molecule has 1 aromatic carbocycles. The molecule has 2 aliphatic rings. The number of rotatable bonds is 2. The Balaban J connectivity index is 2.04. The lowest BCUT2D eigenvalue weighted by molar-refractivity contribution is -0.0118. The molecule has 2 N–H and O–H groups in total. The molecule has 3 rings (SSSR count). The van der Waals surface area contributed by atoms with E-state index in [9.17, 15) is 13.2 Å². The van der Waals surface area contributed by atoms with Crippen LogP contribution in [0.3, 0.4) is 0 Å². The Hall–Kier alpha value is -1.44. The third-order valence-corrected chi connectivity index (χ3v) is 5.57. The van der Waals surface area contributed by atoms with Gasteiger partial charge in [0.1, 0.15) is 0 Å². The molecule has 1 amide bonds. The van der Waals surface area contributed by atoms with Gasteiger partial charge in [-0.05, 0) is 49.9 Å². The van der Waals surface area contributed by atoms with Crippen LogP contribution in [0.25, 0.3) is 0 Å². The van der Waals surface area contributed by atoms with Gasteiger partial charge in [-0.1, -0.05) is 0 Å². The summed E-state index contributed by atoms with van der Waals surface area (Å²) in [5.41, 5.74) is 1.76. The van der Waals surface area contributed by atoms with Crippen LogP contribution >= 0.6 is 0 Å². The third-order valence-electron chi connectivity index (χ3n) is 4.67. The highest BCUT2D eigenvalue weighted by Gasteiger charge is 2.52. The first kappa shape index (κ1) is 15.5. The summed E-state index contributed by atoms with van der Waals surface area (Å²) < 4.78 is 28.7. The maximum Gasteiger partial charge on any atom is 0.254 e. The van der Waals surface area contributed by atoms with Crippen LogP contribution in [0, 0.1) is 13.8 Å². The maximum atomic E-state index is 12.9. The van der Waals surface area contributed by atoms with Crippen LogP contribution in [0.15, 0.2) is 17.0 Å². The van der Waals surface area contributed by atoms with Crippen molar-refractivity contribution in [1.82, 2.24) is 4.90 Å². The molecule has 0 atom stereocenters. The topological polar surface area (TPSA) is 89.7 Å². The molecule has 120 valence electrons. The highest BCUT2D eigenvalue weighted by atomic mass is 32.2. The van der Waals surface area contributed by atoms with Crippen molar-refractivity contribution in [3.05, 3.63) is 28.8 Å². The zero-order valence-corrected chi connectivity index (χ0v) is 13.6. The van der Waals surface area contributed by atoms with Crippen molar-refractivity contribution in [3.8, 4) is 0 Å². The van der Waals surface area contributed by atoms with E-state index in [-0.39, 0.29) is 16.3 Å². The van der Waals surface area contributed by atoms with Crippen molar-refractivity contribution in [3.63, 3.8) is 0 Å². The number of carbonyl (C=O) groups is 1. The number of benzene rings is 1. The quantitative estimate of drug-likeness (QED) is 0.877. The molecule has 0 aromatic heterocycles. The fraction of sp³-hybridized carbons (Fsp3) is 0.533. The number of primary sulfonamides is 1. The van der Waals surface area contributed by atoms with E-state index >= 15 is 0 Å². The molecule has 1 saturated heterocycles. The molecule has 1 spiro atoms. The van der Waals surface area contributed by atoms with Crippen LogP contribution in [0.2, 0.25) is 0 Å². The van der Waals surface area contributed by atoms with E-state index in [0.29, 0.717) is 25.3 Å². The number of carbonyl (C=O) groups excluding carboxylic acids is 1. The second-order valence-corrected chi connectivity index (χ2v) is 7.75. The molecule has 0 unspecified atom stereocenters. The number of nitrogens with zero attached hydrogens (tertiary/aromatic N) is 1. The number of hydrogen-bond acceptors (Lipinski definition) is 4. The van der Waals surface area contributed by atoms with Gasteiger partial charge < -0.3 is 9.64 Å². The number of nitrogens with two attached hydrogens (primary N) is 1. The standard InChI is InChI=1S/C15H20N2O4S/c1-10-7-12(22(16,19)20)8-13(11(10)2)14(18)17-5-6-21-9-15(17)3-4-15/h7-8H,3-6,9H2,1-2H3,(H2,16,19,20). The highest BCUT2D eigenvalue weighted by molar-refractivity contribution is 7.89. The van der Waals surface area contributed by atoms with Gasteiger partial charge in [-0.25, -0.2) is 13.6 Å². The molecular weight excluding hydrogens is 304 g/mol. The predicted octanol–water partition coefficient (Wildman–Crippen LogP) is 0.956. The summed E-state index contributed by atoms with van der Waals surface area (Å²) in [6.07, 6.45) is 1.87. The minimum absolute atomic E-state index is 0.0166. The summed E-state index contributed by atoms with van der Waals surface area (Å²) in [5.74, 6) is -0.132. The second kappa shape index (κ2) is 5.04. The third kappa shape index (κ3) is 2.53. The van der Waals surface area contributed by atoms with Crippen LogP contribution in [0.4, 0.5) is 0 Å². The number of sulfonamides is 1. The molecule has 2 fully saturated rings. The van der Waals surface area contributed by atoms with E-state index in [1.54, 1.807) is 6.92 Å². The summed E-state index contributed by atoms with van der Waals surface area (Å²) in [6.45, 7) is 5.23. The Morgan fingerprint density at radius 1 is 1.32 bits per heavy atom. The summed E-state index contributed by atoms with van der Waals surface area (Å²) in [4.78, 5) is 14.8. The van der Waals surface area contributed by atoms with E-state index in [4.69, 9.17) is 9.88 Å². The lowest BCUT2D eigenvalue weighted by Crippen LogP contribution is -2.50. The first-order valence-electron chi connectivity index (χ1n) is 7.28. The summed E-state index contributed by atoms with van der Waals surface area (Å²) in [5, 5.41) is 5.22. The monoisotopic (exact) mass is 324 g/mol. The SMILES string of the molecule is Cc1cc(S(N)(=O)=O)cc(C(=O)N2CCOCC23CC3)c1C. The highest BCUT2D eigenvalue weighted by Crippen LogP contribution is 2.44. The molecule has 6 nitrogen and oxygen atoms in total. The Kier molecular flexibility index (Phi) is 3.54. The second-order valence-electron chi connectivity index (χ2n) is 6.19. The maximum absolute atomic E-state index is 12.9. The number of ether oxygens (including phenoxy) is 1. The van der Waals surface area contributed by atoms with Gasteiger partial charge in [0.05, 0.1) is 23.6 Å². The van der Waals surface area contributed by atoms with Gasteiger partial charge in [-0.15, -0.1) is 0 Å². The van der Waals surface area contributed by atoms with Crippen LogP contribution in [-0.4, -0.2) is 44.5 Å². The Bertz CT molecular complexity index is 738. The molecule has 7 heteroatoms. The lowest BCUT2D eigenvalue weighted by atomic mass is 10.0. The van der Waals surface area contributed by atoms with Gasteiger partial charge in [0.25, 0.3) is 5.91 Å². The van der Waals surface area contributed by atoms with Gasteiger partial charge in [-0.3, -0.25) is 4.79 Å². The zero-order chi connectivity index (χ0) is 16.1. The van der Waals surface area contributed by atoms with Crippen molar-refractivity contribution < 1.29 is 17.9 Å². The van der Waals surface area contributed by atoms with Crippen LogP contribution in [-0.2, 0) is 14.8 Å². The molecule has 1 aliphatic carbocycles. The Labute approximate surface area is 130 Å². The van der Waals surface area contributed by atoms with Gasteiger partial charge in [0.2, 0.25) is 10.0 Å². The van der Waals surface area contributed by atoms with Crippen molar-refractivity contribution in [2.24, 2.45) is 5.14 Å².